The standard InChI is InChI=1S/C22H27FN6O3S/c1-2-3-8-33-22-25-20(24-14-9-13(14)11-4-6-12(23)7-5-11)17-21(26-22)29(28-27-17)15-10-16(30)19(32)18(15)31/h4-7,13-16,18-19,30-32H,2-3,8-10H2,1H3,(H,24,25,26)/t13?,14?,15-,16+,18+,19-/m1/s1. The maximum absolute atomic E-state index is 13.3. The summed E-state index contributed by atoms with van der Waals surface area (Å²) in [5.74, 6) is 1.43. The van der Waals surface area contributed by atoms with E-state index in [9.17, 15) is 19.7 Å². The monoisotopic (exact) mass is 474 g/mol. The zero-order valence-electron chi connectivity index (χ0n) is 18.2. The molecule has 2 aliphatic carbocycles. The molecule has 2 unspecified atom stereocenters. The number of nitrogens with zero attached hydrogens (tertiary/aromatic N) is 5. The minimum atomic E-state index is -1.24. The van der Waals surface area contributed by atoms with E-state index in [-0.39, 0.29) is 24.2 Å². The van der Waals surface area contributed by atoms with Crippen LogP contribution >= 0.6 is 11.8 Å². The number of thioether (sulfide) groups is 1. The summed E-state index contributed by atoms with van der Waals surface area (Å²) < 4.78 is 14.8. The number of aliphatic hydroxyl groups is 3. The van der Waals surface area contributed by atoms with Crippen LogP contribution in [0.1, 0.15) is 50.1 Å². The van der Waals surface area contributed by atoms with Crippen LogP contribution in [0.25, 0.3) is 11.2 Å². The predicted molar refractivity (Wildman–Crippen MR) is 122 cm³/mol. The van der Waals surface area contributed by atoms with Crippen molar-refractivity contribution in [1.82, 2.24) is 25.0 Å². The molecule has 3 aromatic rings. The first-order valence-electron chi connectivity index (χ1n) is 11.3. The Hall–Kier alpha value is -2.34. The van der Waals surface area contributed by atoms with Crippen LogP contribution in [-0.2, 0) is 0 Å². The third kappa shape index (κ3) is 4.42. The van der Waals surface area contributed by atoms with Gasteiger partial charge in [-0.2, -0.15) is 0 Å². The highest BCUT2D eigenvalue weighted by Crippen LogP contribution is 2.43. The van der Waals surface area contributed by atoms with Crippen molar-refractivity contribution in [3.63, 3.8) is 0 Å². The van der Waals surface area contributed by atoms with Gasteiger partial charge in [-0.1, -0.05) is 42.5 Å². The van der Waals surface area contributed by atoms with Crippen LogP contribution in [0, 0.1) is 5.82 Å². The Morgan fingerprint density at radius 3 is 2.61 bits per heavy atom. The Morgan fingerprint density at radius 1 is 1.12 bits per heavy atom. The zero-order valence-corrected chi connectivity index (χ0v) is 19.0. The van der Waals surface area contributed by atoms with E-state index < -0.39 is 24.4 Å². The smallest absolute Gasteiger partial charge is 0.191 e. The molecule has 176 valence electrons. The molecule has 0 aliphatic heterocycles. The van der Waals surface area contributed by atoms with Crippen molar-refractivity contribution in [2.45, 2.75) is 74.1 Å². The van der Waals surface area contributed by atoms with Crippen LogP contribution in [0.5, 0.6) is 0 Å². The van der Waals surface area contributed by atoms with E-state index in [2.05, 4.69) is 32.5 Å². The van der Waals surface area contributed by atoms with Gasteiger partial charge in [0.15, 0.2) is 22.1 Å². The summed E-state index contributed by atoms with van der Waals surface area (Å²) in [7, 11) is 0. The van der Waals surface area contributed by atoms with Crippen LogP contribution < -0.4 is 5.32 Å². The van der Waals surface area contributed by atoms with Crippen molar-refractivity contribution in [2.24, 2.45) is 0 Å². The number of unbranched alkanes of at least 4 members (excludes halogenated alkanes) is 1. The molecule has 2 fully saturated rings. The number of hydrogen-bond donors (Lipinski definition) is 4. The van der Waals surface area contributed by atoms with E-state index in [0.717, 1.165) is 30.6 Å². The quantitative estimate of drug-likeness (QED) is 0.221. The second-order valence-corrected chi connectivity index (χ2v) is 9.82. The Morgan fingerprint density at radius 2 is 1.91 bits per heavy atom. The SMILES string of the molecule is CCCCSc1nc(NC2CC2c2ccc(F)cc2)c2nnn([C@@H]3C[C@H](O)[C@@H](O)[C@H]3O)c2n1. The number of aromatic nitrogens is 5. The lowest BCUT2D eigenvalue weighted by molar-refractivity contribution is -0.0253. The molecule has 2 heterocycles. The fourth-order valence-corrected chi connectivity index (χ4v) is 5.26. The van der Waals surface area contributed by atoms with Crippen LogP contribution in [0.2, 0.25) is 0 Å². The Kier molecular flexibility index (Phi) is 6.21. The molecule has 0 saturated heterocycles. The third-order valence-corrected chi connectivity index (χ3v) is 7.31. The number of anilines is 1. The molecule has 11 heteroatoms. The molecule has 6 atom stereocenters. The van der Waals surface area contributed by atoms with Gasteiger partial charge < -0.3 is 20.6 Å². The summed E-state index contributed by atoms with van der Waals surface area (Å²) in [6.07, 6.45) is -0.310. The van der Waals surface area contributed by atoms with Crippen molar-refractivity contribution >= 4 is 28.7 Å². The largest absolute Gasteiger partial charge is 0.390 e. The topological polar surface area (TPSA) is 129 Å². The highest BCUT2D eigenvalue weighted by molar-refractivity contribution is 7.99. The number of nitrogens with one attached hydrogen (secondary N) is 1. The van der Waals surface area contributed by atoms with E-state index in [1.165, 1.54) is 16.8 Å². The summed E-state index contributed by atoms with van der Waals surface area (Å²) >= 11 is 1.54. The highest BCUT2D eigenvalue weighted by Gasteiger charge is 2.43. The van der Waals surface area contributed by atoms with Crippen LogP contribution in [-0.4, -0.2) is 70.4 Å². The second-order valence-electron chi connectivity index (χ2n) is 8.76. The molecule has 33 heavy (non-hydrogen) atoms. The maximum atomic E-state index is 13.3. The number of hydrogen-bond acceptors (Lipinski definition) is 9. The van der Waals surface area contributed by atoms with Crippen molar-refractivity contribution in [3.05, 3.63) is 35.6 Å². The van der Waals surface area contributed by atoms with Gasteiger partial charge in [-0.15, -0.1) is 5.10 Å². The first-order chi connectivity index (χ1) is 16.0. The number of fused-ring (bicyclic) bond motifs is 1. The van der Waals surface area contributed by atoms with Crippen molar-refractivity contribution in [2.75, 3.05) is 11.1 Å². The van der Waals surface area contributed by atoms with Gasteiger partial charge in [-0.05, 0) is 30.5 Å². The van der Waals surface area contributed by atoms with E-state index in [4.69, 9.17) is 0 Å². The summed E-state index contributed by atoms with van der Waals surface area (Å²) in [6, 6.07) is 6.04. The molecule has 0 spiro atoms. The Bertz CT molecular complexity index is 1130. The lowest BCUT2D eigenvalue weighted by atomic mass is 10.1. The molecule has 9 nitrogen and oxygen atoms in total. The molecule has 0 amide bonds. The van der Waals surface area contributed by atoms with Gasteiger partial charge in [-0.3, -0.25) is 0 Å². The maximum Gasteiger partial charge on any atom is 0.191 e. The number of aliphatic hydroxyl groups excluding tert-OH is 3. The van der Waals surface area contributed by atoms with E-state index >= 15 is 0 Å². The number of rotatable bonds is 8. The minimum Gasteiger partial charge on any atom is -0.390 e. The molecule has 2 aliphatic rings. The lowest BCUT2D eigenvalue weighted by Crippen LogP contribution is -2.31. The first kappa shape index (κ1) is 22.5. The number of benzene rings is 1. The fraction of sp³-hybridized carbons (Fsp3) is 0.545. The second kappa shape index (κ2) is 9.13. The highest BCUT2D eigenvalue weighted by atomic mass is 32.2. The van der Waals surface area contributed by atoms with Gasteiger partial charge in [0.25, 0.3) is 0 Å². The van der Waals surface area contributed by atoms with Crippen LogP contribution in [0.15, 0.2) is 29.4 Å². The average molecular weight is 475 g/mol. The van der Waals surface area contributed by atoms with Crippen molar-refractivity contribution in [1.29, 1.82) is 0 Å². The third-order valence-electron chi connectivity index (χ3n) is 6.38. The molecule has 2 aromatic heterocycles. The Labute approximate surface area is 194 Å². The summed E-state index contributed by atoms with van der Waals surface area (Å²) in [5.41, 5.74) is 2.00. The summed E-state index contributed by atoms with van der Waals surface area (Å²) in [6.45, 7) is 2.12. The minimum absolute atomic E-state index is 0.132. The van der Waals surface area contributed by atoms with Gasteiger partial charge >= 0.3 is 0 Å². The van der Waals surface area contributed by atoms with Crippen LogP contribution in [0.3, 0.4) is 0 Å². The average Bonchev–Trinajstić information content (AvgIpc) is 3.36. The van der Waals surface area contributed by atoms with Gasteiger partial charge in [0.2, 0.25) is 0 Å². The van der Waals surface area contributed by atoms with Crippen molar-refractivity contribution < 1.29 is 19.7 Å². The van der Waals surface area contributed by atoms with E-state index in [0.29, 0.717) is 22.1 Å². The molecule has 5 rings (SSSR count). The Balaban J connectivity index is 1.44. The molecule has 0 radical (unpaired) electrons. The first-order valence-corrected chi connectivity index (χ1v) is 12.3. The molecule has 4 N–H and O–H groups in total. The van der Waals surface area contributed by atoms with Gasteiger partial charge in [0.1, 0.15) is 18.0 Å². The molecular weight excluding hydrogens is 447 g/mol. The van der Waals surface area contributed by atoms with E-state index in [1.54, 1.807) is 23.9 Å². The van der Waals surface area contributed by atoms with E-state index in [1.807, 2.05) is 0 Å². The zero-order chi connectivity index (χ0) is 23.1. The molecule has 0 bridgehead atoms. The van der Waals surface area contributed by atoms with Gasteiger partial charge in [0, 0.05) is 24.1 Å². The molecule has 2 saturated carbocycles. The van der Waals surface area contributed by atoms with Gasteiger partial charge in [-0.25, -0.2) is 19.0 Å². The predicted octanol–water partition coefficient (Wildman–Crippen LogP) is 2.25. The summed E-state index contributed by atoms with van der Waals surface area (Å²) in [4.78, 5) is 9.33. The number of halogens is 1. The molecule has 1 aromatic carbocycles. The lowest BCUT2D eigenvalue weighted by Gasteiger charge is -2.16. The van der Waals surface area contributed by atoms with Crippen molar-refractivity contribution in [3.8, 4) is 0 Å². The summed E-state index contributed by atoms with van der Waals surface area (Å²) in [5, 5.41) is 42.9. The normalized spacial score (nSPS) is 29.0. The molecular formula is C22H27FN6O3S. The fourth-order valence-electron chi connectivity index (χ4n) is 4.34. The van der Waals surface area contributed by atoms with Crippen LogP contribution in [0.4, 0.5) is 10.2 Å². The van der Waals surface area contributed by atoms with Gasteiger partial charge in [0.05, 0.1) is 12.1 Å².